The molecule has 4 rings (SSSR count). The molecule has 1 aliphatic carbocycles. The number of oxime groups is 1. The van der Waals surface area contributed by atoms with E-state index in [9.17, 15) is 14.9 Å². The van der Waals surface area contributed by atoms with Crippen molar-refractivity contribution in [3.63, 3.8) is 0 Å². The largest absolute Gasteiger partial charge is 0.481 e. The van der Waals surface area contributed by atoms with Gasteiger partial charge in [0.05, 0.1) is 24.0 Å². The number of nitrogens with two attached hydrogens (primary N) is 1. The summed E-state index contributed by atoms with van der Waals surface area (Å²) in [5.74, 6) is -0.200. The third-order valence-electron chi connectivity index (χ3n) is 7.22. The van der Waals surface area contributed by atoms with E-state index in [0.29, 0.717) is 22.6 Å². The normalized spacial score (nSPS) is 17.8. The summed E-state index contributed by atoms with van der Waals surface area (Å²) in [6.07, 6.45) is 4.83. The minimum absolute atomic E-state index is 0.00373. The van der Waals surface area contributed by atoms with Crippen LogP contribution in [0.15, 0.2) is 40.4 Å². The Morgan fingerprint density at radius 1 is 1.20 bits per heavy atom. The molecule has 1 fully saturated rings. The van der Waals surface area contributed by atoms with Crippen LogP contribution in [0, 0.1) is 17.2 Å². The van der Waals surface area contributed by atoms with Gasteiger partial charge in [-0.1, -0.05) is 5.16 Å². The number of aryl methyl sites for hydroxylation is 1. The van der Waals surface area contributed by atoms with E-state index < -0.39 is 17.1 Å². The van der Waals surface area contributed by atoms with Gasteiger partial charge in [0.25, 0.3) is 11.5 Å². The first-order valence-electron chi connectivity index (χ1n) is 13.2. The van der Waals surface area contributed by atoms with Gasteiger partial charge in [-0.3, -0.25) is 9.59 Å². The number of anilines is 1. The Bertz CT molecular complexity index is 1540. The van der Waals surface area contributed by atoms with Gasteiger partial charge in [0.1, 0.15) is 28.4 Å². The molecule has 3 heterocycles. The number of carbonyl (C=O) groups is 1. The third-order valence-corrected chi connectivity index (χ3v) is 7.22. The average Bonchev–Trinajstić information content (AvgIpc) is 2.94. The summed E-state index contributed by atoms with van der Waals surface area (Å²) in [5.41, 5.74) is 7.77. The molecule has 1 amide bonds. The van der Waals surface area contributed by atoms with E-state index in [1.54, 1.807) is 38.6 Å². The van der Waals surface area contributed by atoms with Crippen molar-refractivity contribution >= 4 is 28.3 Å². The first kappa shape index (κ1) is 28.5. The number of hydrogen-bond donors (Lipinski definition) is 1. The lowest BCUT2D eigenvalue weighted by Crippen LogP contribution is -2.40. The smallest absolute Gasteiger partial charge is 0.265 e. The van der Waals surface area contributed by atoms with Crippen molar-refractivity contribution in [1.29, 1.82) is 5.26 Å². The van der Waals surface area contributed by atoms with Crippen LogP contribution in [0.5, 0.6) is 5.88 Å². The summed E-state index contributed by atoms with van der Waals surface area (Å²) in [5, 5.41) is 14.0. The van der Waals surface area contributed by atoms with Crippen LogP contribution in [0.4, 0.5) is 5.69 Å². The van der Waals surface area contributed by atoms with Crippen molar-refractivity contribution in [2.45, 2.75) is 58.1 Å². The van der Waals surface area contributed by atoms with Crippen molar-refractivity contribution in [1.82, 2.24) is 14.5 Å². The first-order chi connectivity index (χ1) is 18.9. The van der Waals surface area contributed by atoms with Crippen LogP contribution in [-0.4, -0.2) is 52.0 Å². The van der Waals surface area contributed by atoms with Crippen LogP contribution in [0.25, 0.3) is 11.0 Å². The van der Waals surface area contributed by atoms with Gasteiger partial charge in [-0.25, -0.2) is 9.97 Å². The molecular formula is C29H35N7O4. The number of nitriles is 1. The number of amides is 1. The van der Waals surface area contributed by atoms with Crippen molar-refractivity contribution in [2.75, 3.05) is 19.1 Å². The number of nitrogens with zero attached hydrogens (tertiary/aromatic N) is 6. The van der Waals surface area contributed by atoms with Crippen LogP contribution in [0.1, 0.15) is 68.1 Å². The Morgan fingerprint density at radius 2 is 1.90 bits per heavy atom. The van der Waals surface area contributed by atoms with E-state index in [1.807, 2.05) is 44.9 Å². The van der Waals surface area contributed by atoms with E-state index in [0.717, 1.165) is 37.0 Å². The maximum Gasteiger partial charge on any atom is 0.265 e. The Morgan fingerprint density at radius 3 is 2.45 bits per heavy atom. The van der Waals surface area contributed by atoms with E-state index in [-0.39, 0.29) is 23.2 Å². The monoisotopic (exact) mass is 545 g/mol. The minimum Gasteiger partial charge on any atom is -0.481 e. The Hall–Kier alpha value is -4.46. The highest BCUT2D eigenvalue weighted by Crippen LogP contribution is 2.35. The maximum absolute atomic E-state index is 13.2. The number of hydrogen-bond acceptors (Lipinski definition) is 9. The molecule has 0 saturated heterocycles. The molecule has 0 radical (unpaired) electrons. The molecular weight excluding hydrogens is 510 g/mol. The zero-order chi connectivity index (χ0) is 29.2. The summed E-state index contributed by atoms with van der Waals surface area (Å²) in [7, 11) is 4.98. The van der Waals surface area contributed by atoms with Crippen molar-refractivity contribution < 1.29 is 14.4 Å². The zero-order valence-electron chi connectivity index (χ0n) is 23.8. The molecule has 210 valence electrons. The van der Waals surface area contributed by atoms with Crippen molar-refractivity contribution in [3.05, 3.63) is 57.6 Å². The molecule has 1 saturated carbocycles. The van der Waals surface area contributed by atoms with Gasteiger partial charge in [0.15, 0.2) is 0 Å². The molecule has 0 atom stereocenters. The van der Waals surface area contributed by atoms with Crippen LogP contribution < -0.4 is 20.9 Å². The van der Waals surface area contributed by atoms with Gasteiger partial charge >= 0.3 is 0 Å². The number of pyridine rings is 3. The summed E-state index contributed by atoms with van der Waals surface area (Å²) in [6.45, 7) is 5.84. The lowest BCUT2D eigenvalue weighted by atomic mass is 9.80. The number of rotatable bonds is 7. The number of methoxy groups -OCH3 is 1. The first-order valence-corrected chi connectivity index (χ1v) is 13.2. The fraction of sp³-hybridized carbons (Fsp3) is 0.448. The van der Waals surface area contributed by atoms with E-state index >= 15 is 0 Å². The van der Waals surface area contributed by atoms with Crippen LogP contribution >= 0.6 is 0 Å². The zero-order valence-corrected chi connectivity index (χ0v) is 23.8. The van der Waals surface area contributed by atoms with Crippen molar-refractivity contribution in [2.24, 2.45) is 23.9 Å². The highest BCUT2D eigenvalue weighted by molar-refractivity contribution is 6.06. The Kier molecular flexibility index (Phi) is 8.09. The number of primary amides is 1. The quantitative estimate of drug-likeness (QED) is 0.350. The standard InChI is InChI=1S/C29H35N7O4/c1-29(2,3)40-34-24(18-9-14-22(39-6)32-16-18)17-7-11-20(12-8-17)35(4)26-23(27(31)37)28(38)36(5)21-13-10-19(15-30)33-25(21)26/h9-10,13-14,16-17,20H,7-8,11-12H2,1-6H3,(H2,31,37). The lowest BCUT2D eigenvalue weighted by Gasteiger charge is -2.37. The number of ether oxygens (including phenoxy) is 1. The molecule has 11 heteroatoms. The lowest BCUT2D eigenvalue weighted by molar-refractivity contribution is -0.0000376. The maximum atomic E-state index is 13.2. The summed E-state index contributed by atoms with van der Waals surface area (Å²) in [6, 6.07) is 8.99. The van der Waals surface area contributed by atoms with Crippen LogP contribution in [-0.2, 0) is 11.9 Å². The van der Waals surface area contributed by atoms with Gasteiger partial charge < -0.3 is 24.8 Å². The van der Waals surface area contributed by atoms with Gasteiger partial charge in [-0.05, 0) is 64.7 Å². The number of aromatic nitrogens is 3. The van der Waals surface area contributed by atoms with Gasteiger partial charge in [-0.15, -0.1) is 0 Å². The molecule has 2 N–H and O–H groups in total. The third kappa shape index (κ3) is 5.76. The summed E-state index contributed by atoms with van der Waals surface area (Å²) >= 11 is 0. The van der Waals surface area contributed by atoms with E-state index in [1.165, 1.54) is 4.57 Å². The molecule has 0 unspecified atom stereocenters. The molecule has 0 bridgehead atoms. The molecule has 0 spiro atoms. The fourth-order valence-electron chi connectivity index (χ4n) is 5.14. The minimum atomic E-state index is -0.831. The highest BCUT2D eigenvalue weighted by Gasteiger charge is 2.32. The Labute approximate surface area is 233 Å². The van der Waals surface area contributed by atoms with Gasteiger partial charge in [-0.2, -0.15) is 5.26 Å². The Balaban J connectivity index is 1.67. The molecule has 3 aromatic heterocycles. The summed E-state index contributed by atoms with van der Waals surface area (Å²) < 4.78 is 6.56. The highest BCUT2D eigenvalue weighted by atomic mass is 16.6. The predicted molar refractivity (Wildman–Crippen MR) is 153 cm³/mol. The number of fused-ring (bicyclic) bond motifs is 1. The molecule has 0 aliphatic heterocycles. The SMILES string of the molecule is COc1ccc(C(=NOC(C)(C)C)C2CCC(N(C)c3c(C(N)=O)c(=O)n(C)c4ccc(C#N)nc34)CC2)cn1. The second-order valence-electron chi connectivity index (χ2n) is 11.0. The second-order valence-corrected chi connectivity index (χ2v) is 11.0. The molecule has 1 aliphatic rings. The van der Waals surface area contributed by atoms with Crippen LogP contribution in [0.2, 0.25) is 0 Å². The predicted octanol–water partition coefficient (Wildman–Crippen LogP) is 3.52. The average molecular weight is 546 g/mol. The van der Waals surface area contributed by atoms with E-state index in [2.05, 4.69) is 15.1 Å². The fourth-order valence-corrected chi connectivity index (χ4v) is 5.14. The van der Waals surface area contributed by atoms with Gasteiger partial charge in [0, 0.05) is 43.9 Å². The molecule has 11 nitrogen and oxygen atoms in total. The van der Waals surface area contributed by atoms with Crippen molar-refractivity contribution in [3.8, 4) is 11.9 Å². The van der Waals surface area contributed by atoms with E-state index in [4.69, 9.17) is 15.3 Å². The molecule has 0 aromatic carbocycles. The summed E-state index contributed by atoms with van der Waals surface area (Å²) in [4.78, 5) is 42.3. The molecule has 40 heavy (non-hydrogen) atoms. The van der Waals surface area contributed by atoms with Gasteiger partial charge in [0.2, 0.25) is 5.88 Å². The number of carbonyl (C=O) groups excluding carboxylic acids is 1. The van der Waals surface area contributed by atoms with Crippen LogP contribution in [0.3, 0.4) is 0 Å². The topological polar surface area (TPSA) is 149 Å². The second kappa shape index (κ2) is 11.3. The molecule has 3 aromatic rings.